The Hall–Kier alpha value is -3.85. The van der Waals surface area contributed by atoms with Gasteiger partial charge in [-0.1, -0.05) is 5.21 Å². The third-order valence-electron chi connectivity index (χ3n) is 5.06. The Bertz CT molecular complexity index is 1270. The molecule has 0 bridgehead atoms. The van der Waals surface area contributed by atoms with Gasteiger partial charge >= 0.3 is 0 Å². The highest BCUT2D eigenvalue weighted by Crippen LogP contribution is 2.18. The van der Waals surface area contributed by atoms with E-state index in [1.165, 1.54) is 0 Å². The molecule has 1 amide bonds. The second-order valence-corrected chi connectivity index (χ2v) is 6.95. The molecule has 0 radical (unpaired) electrons. The van der Waals surface area contributed by atoms with Gasteiger partial charge in [0, 0.05) is 30.2 Å². The highest BCUT2D eigenvalue weighted by atomic mass is 16.5. The number of H-pyrrole nitrogens is 1. The van der Waals surface area contributed by atoms with Crippen LogP contribution in [-0.4, -0.2) is 62.1 Å². The van der Waals surface area contributed by atoms with Crippen LogP contribution in [0.25, 0.3) is 28.0 Å². The number of hydrogen-bond donors (Lipinski definition) is 1. The Morgan fingerprint density at radius 1 is 1.10 bits per heavy atom. The van der Waals surface area contributed by atoms with Crippen molar-refractivity contribution in [2.24, 2.45) is 0 Å². The molecule has 0 aliphatic carbocycles. The van der Waals surface area contributed by atoms with E-state index >= 15 is 0 Å². The summed E-state index contributed by atoms with van der Waals surface area (Å²) < 4.78 is 6.87. The van der Waals surface area contributed by atoms with Crippen LogP contribution in [0.2, 0.25) is 0 Å². The van der Waals surface area contributed by atoms with Crippen LogP contribution in [0.3, 0.4) is 0 Å². The first-order valence-electron chi connectivity index (χ1n) is 9.57. The number of fused-ring (bicyclic) bond motifs is 1. The fraction of sp³-hybridized carbons (Fsp3) is 0.190. The second-order valence-electron chi connectivity index (χ2n) is 6.95. The highest BCUT2D eigenvalue weighted by Gasteiger charge is 2.18. The largest absolute Gasteiger partial charge is 0.378 e. The smallest absolute Gasteiger partial charge is 0.259 e. The van der Waals surface area contributed by atoms with Gasteiger partial charge in [0.15, 0.2) is 0 Å². The molecule has 3 aromatic heterocycles. The van der Waals surface area contributed by atoms with Gasteiger partial charge in [-0.25, -0.2) is 9.67 Å². The van der Waals surface area contributed by atoms with Crippen molar-refractivity contribution in [3.8, 4) is 16.9 Å². The van der Waals surface area contributed by atoms with Gasteiger partial charge in [-0.2, -0.15) is 0 Å². The van der Waals surface area contributed by atoms with Crippen LogP contribution in [0.15, 0.2) is 59.7 Å². The SMILES string of the molecule is O=C(c1ccc(-n2cc(-c3cc4cccnc4[nH]c3=O)nn2)cc1)N1CCOCC1. The van der Waals surface area contributed by atoms with Gasteiger partial charge in [-0.15, -0.1) is 5.10 Å². The van der Waals surface area contributed by atoms with Crippen LogP contribution in [0.4, 0.5) is 0 Å². The number of carbonyl (C=O) groups excluding carboxylic acids is 1. The van der Waals surface area contributed by atoms with E-state index < -0.39 is 0 Å². The summed E-state index contributed by atoms with van der Waals surface area (Å²) in [6.45, 7) is 2.33. The van der Waals surface area contributed by atoms with Crippen LogP contribution in [-0.2, 0) is 4.74 Å². The van der Waals surface area contributed by atoms with E-state index in [0.717, 1.165) is 11.1 Å². The molecule has 0 spiro atoms. The molecule has 1 aliphatic heterocycles. The number of amides is 1. The predicted octanol–water partition coefficient (Wildman–Crippen LogP) is 1.64. The number of pyridine rings is 2. The molecule has 0 unspecified atom stereocenters. The molecular formula is C21H18N6O3. The van der Waals surface area contributed by atoms with Crippen molar-refractivity contribution in [3.05, 3.63) is 70.8 Å². The number of hydrogen-bond acceptors (Lipinski definition) is 6. The van der Waals surface area contributed by atoms with Gasteiger partial charge in [-0.3, -0.25) is 9.59 Å². The van der Waals surface area contributed by atoms with Crippen LogP contribution in [0, 0.1) is 0 Å². The van der Waals surface area contributed by atoms with E-state index in [4.69, 9.17) is 4.74 Å². The lowest BCUT2D eigenvalue weighted by Crippen LogP contribution is -2.40. The Labute approximate surface area is 170 Å². The number of benzene rings is 1. The third kappa shape index (κ3) is 3.35. The van der Waals surface area contributed by atoms with Crippen molar-refractivity contribution in [2.75, 3.05) is 26.3 Å². The standard InChI is InChI=1S/C21H18N6O3/c28-20-17(12-15-2-1-7-22-19(15)23-20)18-13-27(25-24-18)16-5-3-14(4-6-16)21(29)26-8-10-30-11-9-26/h1-7,12-13H,8-11H2,(H,22,23,28). The number of ether oxygens (including phenoxy) is 1. The third-order valence-corrected chi connectivity index (χ3v) is 5.06. The number of nitrogens with zero attached hydrogens (tertiary/aromatic N) is 5. The quantitative estimate of drug-likeness (QED) is 0.558. The Morgan fingerprint density at radius 3 is 2.70 bits per heavy atom. The summed E-state index contributed by atoms with van der Waals surface area (Å²) in [7, 11) is 0. The molecule has 0 saturated carbocycles. The molecule has 5 rings (SSSR count). The van der Waals surface area contributed by atoms with E-state index in [9.17, 15) is 9.59 Å². The predicted molar refractivity (Wildman–Crippen MR) is 109 cm³/mol. The van der Waals surface area contributed by atoms with Crippen molar-refractivity contribution in [1.29, 1.82) is 0 Å². The number of aromatic nitrogens is 5. The zero-order valence-electron chi connectivity index (χ0n) is 16.0. The molecule has 30 heavy (non-hydrogen) atoms. The van der Waals surface area contributed by atoms with E-state index in [1.807, 2.05) is 6.07 Å². The lowest BCUT2D eigenvalue weighted by atomic mass is 10.1. The maximum atomic E-state index is 12.6. The van der Waals surface area contributed by atoms with Gasteiger partial charge in [-0.05, 0) is 42.5 Å². The summed E-state index contributed by atoms with van der Waals surface area (Å²) >= 11 is 0. The zero-order chi connectivity index (χ0) is 20.5. The number of rotatable bonds is 3. The first kappa shape index (κ1) is 18.2. The van der Waals surface area contributed by atoms with Gasteiger partial charge in [0.05, 0.1) is 30.7 Å². The molecule has 4 heterocycles. The van der Waals surface area contributed by atoms with Gasteiger partial charge in [0.1, 0.15) is 11.3 Å². The van der Waals surface area contributed by atoms with E-state index in [2.05, 4.69) is 20.3 Å². The molecule has 150 valence electrons. The first-order valence-corrected chi connectivity index (χ1v) is 9.57. The van der Waals surface area contributed by atoms with Gasteiger partial charge in [0.25, 0.3) is 11.5 Å². The fourth-order valence-corrected chi connectivity index (χ4v) is 3.44. The molecule has 4 aromatic rings. The highest BCUT2D eigenvalue weighted by molar-refractivity contribution is 5.94. The van der Waals surface area contributed by atoms with E-state index in [0.29, 0.717) is 48.8 Å². The summed E-state index contributed by atoms with van der Waals surface area (Å²) in [5.74, 6) is -0.0135. The fourth-order valence-electron chi connectivity index (χ4n) is 3.44. The maximum Gasteiger partial charge on any atom is 0.259 e. The monoisotopic (exact) mass is 402 g/mol. The van der Waals surface area contributed by atoms with Crippen molar-refractivity contribution >= 4 is 16.9 Å². The summed E-state index contributed by atoms with van der Waals surface area (Å²) in [4.78, 5) is 33.7. The minimum Gasteiger partial charge on any atom is -0.378 e. The average molecular weight is 402 g/mol. The molecule has 1 fully saturated rings. The van der Waals surface area contributed by atoms with Crippen molar-refractivity contribution in [3.63, 3.8) is 0 Å². The number of morpholine rings is 1. The molecule has 9 nitrogen and oxygen atoms in total. The minimum absolute atomic E-state index is 0.0135. The second kappa shape index (κ2) is 7.53. The number of aromatic amines is 1. The molecule has 0 atom stereocenters. The molecule has 1 aliphatic rings. The summed E-state index contributed by atoms with van der Waals surface area (Å²) in [6, 6.07) is 12.6. The molecular weight excluding hydrogens is 384 g/mol. The van der Waals surface area contributed by atoms with E-state index in [-0.39, 0.29) is 11.5 Å². The van der Waals surface area contributed by atoms with Crippen LogP contribution in [0.1, 0.15) is 10.4 Å². The first-order chi connectivity index (χ1) is 14.7. The molecule has 1 saturated heterocycles. The minimum atomic E-state index is -0.278. The lowest BCUT2D eigenvalue weighted by Gasteiger charge is -2.26. The van der Waals surface area contributed by atoms with Crippen molar-refractivity contribution < 1.29 is 9.53 Å². The Morgan fingerprint density at radius 2 is 1.90 bits per heavy atom. The average Bonchev–Trinajstić information content (AvgIpc) is 3.29. The van der Waals surface area contributed by atoms with Crippen LogP contribution in [0.5, 0.6) is 0 Å². The van der Waals surface area contributed by atoms with Crippen molar-refractivity contribution in [2.45, 2.75) is 0 Å². The molecule has 9 heteroatoms. The van der Waals surface area contributed by atoms with Gasteiger partial charge in [0.2, 0.25) is 0 Å². The summed E-state index contributed by atoms with van der Waals surface area (Å²) in [6.07, 6.45) is 3.31. The zero-order valence-corrected chi connectivity index (χ0v) is 16.0. The number of carbonyl (C=O) groups is 1. The van der Waals surface area contributed by atoms with E-state index in [1.54, 1.807) is 58.4 Å². The van der Waals surface area contributed by atoms with Gasteiger partial charge < -0.3 is 14.6 Å². The topological polar surface area (TPSA) is 106 Å². The number of nitrogens with one attached hydrogen (secondary N) is 1. The Kier molecular flexibility index (Phi) is 4.56. The molecule has 1 N–H and O–H groups in total. The van der Waals surface area contributed by atoms with Crippen LogP contribution >= 0.6 is 0 Å². The van der Waals surface area contributed by atoms with Crippen LogP contribution < -0.4 is 5.56 Å². The molecule has 1 aromatic carbocycles. The maximum absolute atomic E-state index is 12.6. The van der Waals surface area contributed by atoms with Crippen molar-refractivity contribution in [1.82, 2.24) is 29.9 Å². The lowest BCUT2D eigenvalue weighted by molar-refractivity contribution is 0.0303. The normalized spacial score (nSPS) is 14.2. The summed E-state index contributed by atoms with van der Waals surface area (Å²) in [5.41, 5.74) is 2.47. The summed E-state index contributed by atoms with van der Waals surface area (Å²) in [5, 5.41) is 9.09. The Balaban J connectivity index is 1.41.